The lowest BCUT2D eigenvalue weighted by molar-refractivity contribution is -0.126. The number of hydrogen-bond donors (Lipinski definition) is 1. The fourth-order valence-corrected chi connectivity index (χ4v) is 4.56. The number of likely N-dealkylation sites (tertiary alicyclic amines) is 1. The summed E-state index contributed by atoms with van der Waals surface area (Å²) in [5.41, 5.74) is 3.45. The molecule has 0 aromatic heterocycles. The number of rotatable bonds is 5. The summed E-state index contributed by atoms with van der Waals surface area (Å²) in [5.74, 6) is -0.170. The van der Waals surface area contributed by atoms with Gasteiger partial charge in [0.1, 0.15) is 5.82 Å². The molecule has 1 saturated heterocycles. The Balaban J connectivity index is 1.36. The second kappa shape index (κ2) is 8.97. The summed E-state index contributed by atoms with van der Waals surface area (Å²) in [7, 11) is 0. The van der Waals surface area contributed by atoms with Gasteiger partial charge >= 0.3 is 0 Å². The molecule has 0 saturated carbocycles. The molecule has 0 aliphatic carbocycles. The molecule has 3 aromatic carbocycles. The number of halogens is 1. The van der Waals surface area contributed by atoms with Crippen molar-refractivity contribution in [3.63, 3.8) is 0 Å². The molecule has 0 spiro atoms. The number of piperidine rings is 1. The highest BCUT2D eigenvalue weighted by molar-refractivity contribution is 5.88. The molecule has 1 atom stereocenters. The molecule has 1 N–H and O–H groups in total. The number of nitrogens with one attached hydrogen (secondary N) is 1. The lowest BCUT2D eigenvalue weighted by Crippen LogP contribution is -2.41. The predicted molar refractivity (Wildman–Crippen MR) is 120 cm³/mol. The van der Waals surface area contributed by atoms with Gasteiger partial charge in [0.05, 0.1) is 0 Å². The van der Waals surface area contributed by atoms with Crippen molar-refractivity contribution in [1.82, 2.24) is 10.2 Å². The van der Waals surface area contributed by atoms with Gasteiger partial charge in [-0.05, 0) is 79.4 Å². The SMILES string of the molecule is Cc1ccc(C(C)N2CCC(C(=O)NCc3cccc(F)c3)CC2)c2ccccc12. The lowest BCUT2D eigenvalue weighted by Gasteiger charge is -2.36. The minimum atomic E-state index is -0.271. The highest BCUT2D eigenvalue weighted by atomic mass is 19.1. The Hall–Kier alpha value is -2.72. The zero-order valence-corrected chi connectivity index (χ0v) is 17.7. The van der Waals surface area contributed by atoms with E-state index in [9.17, 15) is 9.18 Å². The average Bonchev–Trinajstić information content (AvgIpc) is 2.78. The van der Waals surface area contributed by atoms with Gasteiger partial charge in [-0.25, -0.2) is 4.39 Å². The van der Waals surface area contributed by atoms with Gasteiger partial charge in [0.2, 0.25) is 5.91 Å². The summed E-state index contributed by atoms with van der Waals surface area (Å²) in [4.78, 5) is 15.1. The van der Waals surface area contributed by atoms with Gasteiger partial charge < -0.3 is 5.32 Å². The number of benzene rings is 3. The molecule has 0 bridgehead atoms. The van der Waals surface area contributed by atoms with Crippen LogP contribution in [0.3, 0.4) is 0 Å². The maximum Gasteiger partial charge on any atom is 0.223 e. The summed E-state index contributed by atoms with van der Waals surface area (Å²) in [6, 6.07) is 19.8. The third kappa shape index (κ3) is 4.39. The fraction of sp³-hybridized carbons (Fsp3) is 0.346. The van der Waals surface area contributed by atoms with Crippen LogP contribution in [-0.2, 0) is 11.3 Å². The first-order valence-electron chi connectivity index (χ1n) is 10.8. The minimum Gasteiger partial charge on any atom is -0.352 e. The van der Waals surface area contributed by atoms with Crippen LogP contribution in [0.25, 0.3) is 10.8 Å². The Kier molecular flexibility index (Phi) is 6.14. The Bertz CT molecular complexity index is 1040. The first-order chi connectivity index (χ1) is 14.5. The van der Waals surface area contributed by atoms with Crippen LogP contribution in [-0.4, -0.2) is 23.9 Å². The minimum absolute atomic E-state index is 0.0248. The number of nitrogens with zero attached hydrogens (tertiary/aromatic N) is 1. The molecule has 30 heavy (non-hydrogen) atoms. The van der Waals surface area contributed by atoms with Crippen LogP contribution in [0.5, 0.6) is 0 Å². The number of hydrogen-bond acceptors (Lipinski definition) is 2. The fourth-order valence-electron chi connectivity index (χ4n) is 4.56. The van der Waals surface area contributed by atoms with E-state index in [1.54, 1.807) is 6.07 Å². The molecule has 4 heteroatoms. The Morgan fingerprint density at radius 2 is 1.80 bits per heavy atom. The highest BCUT2D eigenvalue weighted by Crippen LogP contribution is 2.32. The Morgan fingerprint density at radius 3 is 2.53 bits per heavy atom. The van der Waals surface area contributed by atoms with Crippen LogP contribution in [0.4, 0.5) is 4.39 Å². The van der Waals surface area contributed by atoms with E-state index in [0.29, 0.717) is 12.6 Å². The molecular formula is C26H29FN2O. The van der Waals surface area contributed by atoms with Gasteiger partial charge in [0, 0.05) is 18.5 Å². The first kappa shape index (κ1) is 20.5. The van der Waals surface area contributed by atoms with Gasteiger partial charge in [0.15, 0.2) is 0 Å². The van der Waals surface area contributed by atoms with Crippen LogP contribution in [0.1, 0.15) is 42.5 Å². The highest BCUT2D eigenvalue weighted by Gasteiger charge is 2.28. The molecule has 1 fully saturated rings. The van der Waals surface area contributed by atoms with E-state index < -0.39 is 0 Å². The van der Waals surface area contributed by atoms with E-state index in [0.717, 1.165) is 31.5 Å². The zero-order valence-electron chi connectivity index (χ0n) is 17.7. The van der Waals surface area contributed by atoms with Crippen LogP contribution < -0.4 is 5.32 Å². The zero-order chi connectivity index (χ0) is 21.1. The smallest absolute Gasteiger partial charge is 0.223 e. The maximum absolute atomic E-state index is 13.3. The van der Waals surface area contributed by atoms with Crippen molar-refractivity contribution >= 4 is 16.7 Å². The largest absolute Gasteiger partial charge is 0.352 e. The maximum atomic E-state index is 13.3. The average molecular weight is 405 g/mol. The van der Waals surface area contributed by atoms with Gasteiger partial charge in [0.25, 0.3) is 0 Å². The molecule has 1 aliphatic heterocycles. The lowest BCUT2D eigenvalue weighted by atomic mass is 9.91. The number of carbonyl (C=O) groups is 1. The second-order valence-electron chi connectivity index (χ2n) is 8.35. The molecule has 156 valence electrons. The van der Waals surface area contributed by atoms with Gasteiger partial charge in [-0.15, -0.1) is 0 Å². The molecule has 1 amide bonds. The van der Waals surface area contributed by atoms with Crippen molar-refractivity contribution < 1.29 is 9.18 Å². The van der Waals surface area contributed by atoms with Gasteiger partial charge in [-0.1, -0.05) is 48.5 Å². The summed E-state index contributed by atoms with van der Waals surface area (Å²) in [6.07, 6.45) is 1.70. The van der Waals surface area contributed by atoms with Crippen molar-refractivity contribution in [2.24, 2.45) is 5.92 Å². The Labute approximate surface area is 177 Å². The van der Waals surface area contributed by atoms with E-state index in [-0.39, 0.29) is 17.6 Å². The van der Waals surface area contributed by atoms with Crippen molar-refractivity contribution in [3.8, 4) is 0 Å². The van der Waals surface area contributed by atoms with Crippen LogP contribution in [0.2, 0.25) is 0 Å². The quantitative estimate of drug-likeness (QED) is 0.619. The van der Waals surface area contributed by atoms with E-state index in [2.05, 4.69) is 60.5 Å². The van der Waals surface area contributed by atoms with Gasteiger partial charge in [-0.2, -0.15) is 0 Å². The van der Waals surface area contributed by atoms with Crippen molar-refractivity contribution in [2.45, 2.75) is 39.3 Å². The molecule has 3 aromatic rings. The third-order valence-electron chi connectivity index (χ3n) is 6.43. The normalized spacial score (nSPS) is 16.5. The molecule has 0 radical (unpaired) electrons. The number of carbonyl (C=O) groups excluding carboxylic acids is 1. The first-order valence-corrected chi connectivity index (χ1v) is 10.8. The molecule has 1 aliphatic rings. The molecular weight excluding hydrogens is 375 g/mol. The van der Waals surface area contributed by atoms with Crippen LogP contribution in [0, 0.1) is 18.7 Å². The summed E-state index contributed by atoms with van der Waals surface area (Å²) < 4.78 is 13.3. The summed E-state index contributed by atoms with van der Waals surface area (Å²) in [6.45, 7) is 6.61. The molecule has 1 unspecified atom stereocenters. The monoisotopic (exact) mass is 404 g/mol. The third-order valence-corrected chi connectivity index (χ3v) is 6.43. The molecule has 4 rings (SSSR count). The summed E-state index contributed by atoms with van der Waals surface area (Å²) >= 11 is 0. The molecule has 3 nitrogen and oxygen atoms in total. The number of aryl methyl sites for hydroxylation is 1. The van der Waals surface area contributed by atoms with Crippen molar-refractivity contribution in [1.29, 1.82) is 0 Å². The number of fused-ring (bicyclic) bond motifs is 1. The van der Waals surface area contributed by atoms with Crippen LogP contribution in [0.15, 0.2) is 60.7 Å². The summed E-state index contributed by atoms with van der Waals surface area (Å²) in [5, 5.41) is 5.61. The van der Waals surface area contributed by atoms with E-state index in [1.165, 1.54) is 34.0 Å². The van der Waals surface area contributed by atoms with Gasteiger partial charge in [-0.3, -0.25) is 9.69 Å². The van der Waals surface area contributed by atoms with Crippen LogP contribution >= 0.6 is 0 Å². The predicted octanol–water partition coefficient (Wildman–Crippen LogP) is 5.38. The molecule has 1 heterocycles. The van der Waals surface area contributed by atoms with E-state index in [1.807, 2.05) is 6.07 Å². The van der Waals surface area contributed by atoms with Crippen molar-refractivity contribution in [2.75, 3.05) is 13.1 Å². The van der Waals surface area contributed by atoms with E-state index >= 15 is 0 Å². The van der Waals surface area contributed by atoms with Crippen molar-refractivity contribution in [3.05, 3.63) is 83.2 Å². The standard InChI is InChI=1S/C26H29FN2O/c1-18-10-11-24(25-9-4-3-8-23(18)25)19(2)29-14-12-21(13-15-29)26(30)28-17-20-6-5-7-22(27)16-20/h3-11,16,19,21H,12-15,17H2,1-2H3,(H,28,30). The Morgan fingerprint density at radius 1 is 1.07 bits per heavy atom. The second-order valence-corrected chi connectivity index (χ2v) is 8.35. The van der Waals surface area contributed by atoms with E-state index in [4.69, 9.17) is 0 Å². The topological polar surface area (TPSA) is 32.3 Å². The number of amides is 1.